The molecule has 10 nitrogen and oxygen atoms in total. The second kappa shape index (κ2) is 13.7. The molecule has 2 heterocycles. The molecule has 4 amide bonds. The lowest BCUT2D eigenvalue weighted by molar-refractivity contribution is -0.138. The summed E-state index contributed by atoms with van der Waals surface area (Å²) in [5.41, 5.74) is 4.49. The highest BCUT2D eigenvalue weighted by Crippen LogP contribution is 2.64. The summed E-state index contributed by atoms with van der Waals surface area (Å²) >= 11 is 12.7. The molecule has 53 heavy (non-hydrogen) atoms. The second-order valence-electron chi connectivity index (χ2n) is 13.7. The normalized spacial score (nSPS) is 26.2. The minimum absolute atomic E-state index is 0.103. The fourth-order valence-corrected chi connectivity index (χ4v) is 9.42. The van der Waals surface area contributed by atoms with E-state index in [0.29, 0.717) is 39.9 Å². The summed E-state index contributed by atoms with van der Waals surface area (Å²) in [4.78, 5) is 60.0. The number of hydrogen-bond donors (Lipinski definition) is 2. The number of benzene rings is 4. The van der Waals surface area contributed by atoms with Crippen LogP contribution in [0.4, 0.5) is 11.4 Å². The number of amides is 4. The number of allylic oxidation sites excluding steroid dienone is 2. The lowest BCUT2D eigenvalue weighted by atomic mass is 9.49. The van der Waals surface area contributed by atoms with E-state index in [0.717, 1.165) is 16.1 Å². The molecule has 8 rings (SSSR count). The molecule has 6 atom stereocenters. The van der Waals surface area contributed by atoms with Crippen molar-refractivity contribution in [2.45, 2.75) is 24.2 Å². The van der Waals surface area contributed by atoms with Gasteiger partial charge in [0, 0.05) is 10.9 Å². The van der Waals surface area contributed by atoms with Crippen LogP contribution >= 0.6 is 23.2 Å². The number of nitrogens with zero attached hydrogens (tertiary/aromatic N) is 2. The van der Waals surface area contributed by atoms with Gasteiger partial charge in [0.2, 0.25) is 11.8 Å². The van der Waals surface area contributed by atoms with Crippen LogP contribution in [-0.4, -0.2) is 54.1 Å². The number of rotatable bonds is 9. The molecule has 2 aliphatic carbocycles. The van der Waals surface area contributed by atoms with Crippen molar-refractivity contribution in [2.75, 3.05) is 30.6 Å². The van der Waals surface area contributed by atoms with E-state index in [1.165, 1.54) is 11.0 Å². The molecule has 270 valence electrons. The minimum atomic E-state index is -1.48. The molecule has 4 aliphatic rings. The number of imide groups is 2. The van der Waals surface area contributed by atoms with Gasteiger partial charge in [0.25, 0.3) is 11.8 Å². The Labute approximate surface area is 315 Å². The quantitative estimate of drug-likeness (QED) is 0.146. The Morgan fingerprint density at radius 2 is 1.57 bits per heavy atom. The van der Waals surface area contributed by atoms with Crippen LogP contribution in [0.5, 0.6) is 11.5 Å². The third kappa shape index (κ3) is 5.50. The Hall–Kier alpha value is -5.16. The zero-order chi connectivity index (χ0) is 37.0. The van der Waals surface area contributed by atoms with Gasteiger partial charge in [-0.1, -0.05) is 77.3 Å². The number of carbonyl (C=O) groups is 4. The number of hydrazine groups is 1. The van der Waals surface area contributed by atoms with Gasteiger partial charge in [-0.25, -0.2) is 0 Å². The van der Waals surface area contributed by atoms with Gasteiger partial charge in [-0.3, -0.25) is 29.5 Å². The zero-order valence-electron chi connectivity index (χ0n) is 28.6. The zero-order valence-corrected chi connectivity index (χ0v) is 30.1. The van der Waals surface area contributed by atoms with Crippen molar-refractivity contribution in [2.24, 2.45) is 23.7 Å². The van der Waals surface area contributed by atoms with Crippen molar-refractivity contribution in [3.63, 3.8) is 0 Å². The summed E-state index contributed by atoms with van der Waals surface area (Å²) in [6.07, 6.45) is 2.45. The number of nitrogens with one attached hydrogen (secondary N) is 1. The largest absolute Gasteiger partial charge is 0.497 e. The number of para-hydroxylation sites is 1. The average Bonchev–Trinajstić information content (AvgIpc) is 3.56. The Morgan fingerprint density at radius 1 is 0.849 bits per heavy atom. The number of methoxy groups -OCH3 is 1. The third-order valence-electron chi connectivity index (χ3n) is 11.2. The highest BCUT2D eigenvalue weighted by Gasteiger charge is 2.70. The van der Waals surface area contributed by atoms with Crippen LogP contribution in [0.3, 0.4) is 0 Å². The maximum Gasteiger partial charge on any atom is 0.260 e. The number of carbonyl (C=O) groups excluding carboxylic acids is 4. The van der Waals surface area contributed by atoms with E-state index in [4.69, 9.17) is 32.7 Å². The van der Waals surface area contributed by atoms with E-state index in [-0.39, 0.29) is 36.5 Å². The molecule has 4 aromatic carbocycles. The molecule has 12 heteroatoms. The Morgan fingerprint density at radius 3 is 2.25 bits per heavy atom. The van der Waals surface area contributed by atoms with Gasteiger partial charge in [0.05, 0.1) is 53.3 Å². The Kier molecular flexibility index (Phi) is 9.00. The summed E-state index contributed by atoms with van der Waals surface area (Å²) in [5.74, 6) is -4.03. The fraction of sp³-hybridized carbons (Fsp3) is 0.268. The monoisotopic (exact) mass is 751 g/mol. The smallest absolute Gasteiger partial charge is 0.260 e. The first kappa shape index (κ1) is 34.9. The van der Waals surface area contributed by atoms with Crippen LogP contribution in [-0.2, 0) is 24.6 Å². The summed E-state index contributed by atoms with van der Waals surface area (Å²) in [5, 5.41) is 11.0. The molecule has 0 bridgehead atoms. The van der Waals surface area contributed by atoms with E-state index in [1.807, 2.05) is 36.4 Å². The molecule has 0 spiro atoms. The Balaban J connectivity index is 1.32. The summed E-state index contributed by atoms with van der Waals surface area (Å²) in [6, 6.07) is 28.0. The van der Waals surface area contributed by atoms with Gasteiger partial charge >= 0.3 is 0 Å². The lowest BCUT2D eigenvalue weighted by Gasteiger charge is -2.50. The molecular formula is C41H35Cl2N3O7. The summed E-state index contributed by atoms with van der Waals surface area (Å²) < 4.78 is 11.2. The molecule has 2 aliphatic heterocycles. The maximum absolute atomic E-state index is 15.4. The molecule has 6 unspecified atom stereocenters. The number of aliphatic hydroxyl groups is 1. The van der Waals surface area contributed by atoms with E-state index in [1.54, 1.807) is 67.8 Å². The van der Waals surface area contributed by atoms with Crippen LogP contribution in [0.15, 0.2) is 109 Å². The van der Waals surface area contributed by atoms with Crippen LogP contribution in [0.2, 0.25) is 10.0 Å². The SMILES string of the molecule is COc1ccc(C23C(=O)N(Nc4ccc(Cl)cc4Cl)C(=O)C2CC2C(=CCC4C(=O)N(c5ccccc5)C(=O)C42)C3c2ccc(OCCO)cc2)cc1. The molecule has 0 aromatic heterocycles. The summed E-state index contributed by atoms with van der Waals surface area (Å²) in [7, 11) is 1.55. The van der Waals surface area contributed by atoms with Crippen molar-refractivity contribution in [3.8, 4) is 11.5 Å². The highest BCUT2D eigenvalue weighted by molar-refractivity contribution is 6.36. The van der Waals surface area contributed by atoms with Crippen LogP contribution < -0.4 is 19.8 Å². The van der Waals surface area contributed by atoms with Crippen molar-refractivity contribution in [1.29, 1.82) is 0 Å². The minimum Gasteiger partial charge on any atom is -0.497 e. The van der Waals surface area contributed by atoms with Crippen LogP contribution in [0, 0.1) is 23.7 Å². The number of fused-ring (bicyclic) bond motifs is 4. The number of halogens is 2. The molecule has 4 aromatic rings. The number of aliphatic hydroxyl groups excluding tert-OH is 1. The lowest BCUT2D eigenvalue weighted by Crippen LogP contribution is -2.53. The van der Waals surface area contributed by atoms with Gasteiger partial charge in [0.15, 0.2) is 0 Å². The van der Waals surface area contributed by atoms with Crippen molar-refractivity contribution >= 4 is 58.2 Å². The van der Waals surface area contributed by atoms with E-state index in [9.17, 15) is 19.5 Å². The van der Waals surface area contributed by atoms with Crippen molar-refractivity contribution < 1.29 is 33.8 Å². The van der Waals surface area contributed by atoms with Crippen LogP contribution in [0.25, 0.3) is 0 Å². The van der Waals surface area contributed by atoms with E-state index >= 15 is 4.79 Å². The first-order chi connectivity index (χ1) is 25.7. The third-order valence-corrected chi connectivity index (χ3v) is 11.7. The predicted octanol–water partition coefficient (Wildman–Crippen LogP) is 6.56. The summed E-state index contributed by atoms with van der Waals surface area (Å²) in [6.45, 7) is -0.0561. The number of ether oxygens (including phenoxy) is 2. The molecule has 1 saturated carbocycles. The topological polar surface area (TPSA) is 125 Å². The average molecular weight is 753 g/mol. The maximum atomic E-state index is 15.4. The molecule has 2 N–H and O–H groups in total. The van der Waals surface area contributed by atoms with E-state index < -0.39 is 46.8 Å². The van der Waals surface area contributed by atoms with Crippen LogP contribution in [0.1, 0.15) is 29.9 Å². The van der Waals surface area contributed by atoms with E-state index in [2.05, 4.69) is 5.43 Å². The number of hydrogen-bond acceptors (Lipinski definition) is 8. The molecule has 3 fully saturated rings. The molecular weight excluding hydrogens is 717 g/mol. The molecule has 2 saturated heterocycles. The van der Waals surface area contributed by atoms with Gasteiger partial charge in [-0.15, -0.1) is 0 Å². The number of anilines is 2. The first-order valence-electron chi connectivity index (χ1n) is 17.4. The molecule has 0 radical (unpaired) electrons. The standard InChI is InChI=1S/C41H35Cl2N3O7/c1-52-27-14-9-24(10-15-27)41-32(38(49)46(40(41)51)44-34-18-11-25(42)21-33(34)43)22-31-29(36(41)23-7-12-28(13-8-23)53-20-19-47)16-17-30-35(31)39(50)45(37(30)48)26-5-3-2-4-6-26/h2-16,18,21,30-32,35-36,44,47H,17,19-20,22H2,1H3. The van der Waals surface area contributed by atoms with Crippen molar-refractivity contribution in [1.82, 2.24) is 5.01 Å². The first-order valence-corrected chi connectivity index (χ1v) is 18.2. The van der Waals surface area contributed by atoms with Gasteiger partial charge in [-0.05, 0) is 84.5 Å². The van der Waals surface area contributed by atoms with Gasteiger partial charge in [0.1, 0.15) is 18.1 Å². The highest BCUT2D eigenvalue weighted by atomic mass is 35.5. The fourth-order valence-electron chi connectivity index (χ4n) is 8.97. The Bertz CT molecular complexity index is 2140. The predicted molar refractivity (Wildman–Crippen MR) is 199 cm³/mol. The van der Waals surface area contributed by atoms with Gasteiger partial charge in [-0.2, -0.15) is 5.01 Å². The second-order valence-corrected chi connectivity index (χ2v) is 14.5. The van der Waals surface area contributed by atoms with Crippen molar-refractivity contribution in [3.05, 3.63) is 130 Å². The van der Waals surface area contributed by atoms with Gasteiger partial charge < -0.3 is 14.6 Å².